The molecule has 0 aromatic heterocycles. The van der Waals surface area contributed by atoms with Crippen LogP contribution in [-0.2, 0) is 33.3 Å². The molecule has 0 saturated heterocycles. The number of thiol groups is 1. The van der Waals surface area contributed by atoms with Crippen molar-refractivity contribution in [2.75, 3.05) is 128 Å². The first-order valence-corrected chi connectivity index (χ1v) is 26.0. The smallest absolute Gasteiger partial charge is 0.303 e. The summed E-state index contributed by atoms with van der Waals surface area (Å²) >= 11 is 4.08. The minimum absolute atomic E-state index is 0.0566. The molecule has 11 nitrogen and oxygen atoms in total. The molecule has 0 aliphatic rings. The Labute approximate surface area is 345 Å². The largest absolute Gasteiger partial charge is 0.481 e. The van der Waals surface area contributed by atoms with Gasteiger partial charge in [-0.3, -0.25) is 9.59 Å². The van der Waals surface area contributed by atoms with Gasteiger partial charge in [-0.05, 0) is 117 Å². The molecule has 0 aliphatic heterocycles. The zero-order chi connectivity index (χ0) is 40.8. The first kappa shape index (κ1) is 54.9. The van der Waals surface area contributed by atoms with Gasteiger partial charge in [-0.15, -0.1) is 15.8 Å². The van der Waals surface area contributed by atoms with Crippen LogP contribution in [0.3, 0.4) is 0 Å². The maximum Gasteiger partial charge on any atom is 0.303 e. The van der Waals surface area contributed by atoms with Gasteiger partial charge in [-0.2, -0.15) is 12.6 Å². The van der Waals surface area contributed by atoms with Crippen LogP contribution in [0.15, 0.2) is 0 Å². The van der Waals surface area contributed by atoms with E-state index in [1.54, 1.807) is 0 Å². The lowest BCUT2D eigenvalue weighted by Crippen LogP contribution is -2.42. The molecular weight excluding hydrogens is 756 g/mol. The normalized spacial score (nSPS) is 14.1. The maximum atomic E-state index is 11.8. The Morgan fingerprint density at radius 3 is 1.64 bits per heavy atom. The van der Waals surface area contributed by atoms with Crippen LogP contribution in [0.5, 0.6) is 0 Å². The summed E-state index contributed by atoms with van der Waals surface area (Å²) in [5.74, 6) is -0.579. The molecule has 328 valence electrons. The Kier molecular flexibility index (Phi) is 39.2. The Bertz CT molecular complexity index is 875. The monoisotopic (exact) mass is 842 g/mol. The SMILES string of the molecule is CCOCCCP(CCCOCC)CCN(CCOCC)CCP(CCCOCC)CCCOC(C)(CCCCCCCNC(=O)C(N)CS)CCC(=O)O. The topological polar surface area (TPSA) is 142 Å². The summed E-state index contributed by atoms with van der Waals surface area (Å²) in [7, 11) is -0.236. The Hall–Kier alpha value is -0.130. The number of rotatable bonds is 43. The highest BCUT2D eigenvalue weighted by Gasteiger charge is 2.26. The van der Waals surface area contributed by atoms with Crippen molar-refractivity contribution in [2.24, 2.45) is 5.73 Å². The number of carboxylic acids is 1. The lowest BCUT2D eigenvalue weighted by atomic mass is 9.92. The molecule has 1 amide bonds. The summed E-state index contributed by atoms with van der Waals surface area (Å²) in [6, 6.07) is -0.558. The number of carbonyl (C=O) groups is 2. The van der Waals surface area contributed by atoms with Crippen LogP contribution < -0.4 is 11.1 Å². The highest BCUT2D eigenvalue weighted by atomic mass is 32.1. The molecule has 3 atom stereocenters. The number of aliphatic carboxylic acids is 1. The summed E-state index contributed by atoms with van der Waals surface area (Å²) in [5.41, 5.74) is 5.28. The van der Waals surface area contributed by atoms with Crippen LogP contribution in [0, 0.1) is 0 Å². The zero-order valence-electron chi connectivity index (χ0n) is 35.9. The fourth-order valence-corrected chi connectivity index (χ4v) is 11.3. The second kappa shape index (κ2) is 39.3. The standard InChI is InChI=1S/C41H85N3O8P2S/c1-6-48-26-15-31-53(32-16-27-49-7-2)35-24-44(23-30-51-9-4)25-36-54(33-17-28-50-8-3)34-18-29-52-41(5,21-19-39(45)46)20-13-11-10-12-14-22-43-40(47)38(42)37-55/h38,55H,6-37,42H2,1-5H3,(H,43,47)(H,45,46). The molecule has 0 spiro atoms. The fourth-order valence-electron chi connectivity index (χ4n) is 6.34. The van der Waals surface area contributed by atoms with Gasteiger partial charge in [0.25, 0.3) is 0 Å². The molecule has 0 rings (SSSR count). The lowest BCUT2D eigenvalue weighted by Gasteiger charge is -2.31. The lowest BCUT2D eigenvalue weighted by molar-refractivity contribution is -0.139. The molecule has 0 saturated carbocycles. The third-order valence-electron chi connectivity index (χ3n) is 9.77. The Morgan fingerprint density at radius 2 is 1.15 bits per heavy atom. The van der Waals surface area contributed by atoms with E-state index in [0.717, 1.165) is 143 Å². The Morgan fingerprint density at radius 1 is 0.673 bits per heavy atom. The molecule has 0 aromatic rings. The molecule has 3 unspecified atom stereocenters. The van der Waals surface area contributed by atoms with Gasteiger partial charge in [-0.1, -0.05) is 25.7 Å². The van der Waals surface area contributed by atoms with Crippen molar-refractivity contribution in [2.45, 2.75) is 123 Å². The molecule has 0 aromatic carbocycles. The first-order valence-electron chi connectivity index (χ1n) is 21.6. The van der Waals surface area contributed by atoms with Gasteiger partial charge >= 0.3 is 5.97 Å². The molecule has 0 bridgehead atoms. The number of nitrogens with zero attached hydrogens (tertiary/aromatic N) is 1. The van der Waals surface area contributed by atoms with Crippen LogP contribution in [0.1, 0.15) is 112 Å². The third-order valence-corrected chi connectivity index (χ3v) is 15.6. The van der Waals surface area contributed by atoms with Crippen LogP contribution in [0.25, 0.3) is 0 Å². The van der Waals surface area contributed by atoms with Crippen LogP contribution in [-0.4, -0.2) is 162 Å². The number of unbranched alkanes of at least 4 members (excludes halogenated alkanes) is 4. The van der Waals surface area contributed by atoms with Crippen molar-refractivity contribution in [3.05, 3.63) is 0 Å². The van der Waals surface area contributed by atoms with Crippen molar-refractivity contribution >= 4 is 40.3 Å². The number of hydrogen-bond donors (Lipinski definition) is 4. The van der Waals surface area contributed by atoms with Crippen molar-refractivity contribution in [3.63, 3.8) is 0 Å². The van der Waals surface area contributed by atoms with E-state index >= 15 is 0 Å². The predicted molar refractivity (Wildman–Crippen MR) is 238 cm³/mol. The zero-order valence-corrected chi connectivity index (χ0v) is 38.6. The van der Waals surface area contributed by atoms with Crippen LogP contribution >= 0.6 is 28.5 Å². The number of carboxylic acid groups (broad SMARTS) is 1. The minimum Gasteiger partial charge on any atom is -0.481 e. The van der Waals surface area contributed by atoms with Gasteiger partial charge in [0.1, 0.15) is 0 Å². The number of hydrogen-bond acceptors (Lipinski definition) is 10. The van der Waals surface area contributed by atoms with Gasteiger partial charge in [0.2, 0.25) is 5.91 Å². The molecule has 0 radical (unpaired) electrons. The second-order valence-electron chi connectivity index (χ2n) is 14.5. The maximum absolute atomic E-state index is 11.8. The van der Waals surface area contributed by atoms with Crippen molar-refractivity contribution in [1.29, 1.82) is 0 Å². The number of nitrogens with two attached hydrogens (primary N) is 1. The summed E-state index contributed by atoms with van der Waals surface area (Å²) in [4.78, 5) is 26.0. The minimum atomic E-state index is -0.773. The fraction of sp³-hybridized carbons (Fsp3) is 0.951. The summed E-state index contributed by atoms with van der Waals surface area (Å²) in [5, 5.41) is 12.3. The van der Waals surface area contributed by atoms with E-state index in [2.05, 4.69) is 57.5 Å². The number of ether oxygens (including phenoxy) is 5. The number of amides is 1. The molecule has 0 heterocycles. The van der Waals surface area contributed by atoms with Gasteiger partial charge < -0.3 is 44.7 Å². The van der Waals surface area contributed by atoms with E-state index in [4.69, 9.17) is 29.4 Å². The number of nitrogens with one attached hydrogen (secondary N) is 1. The molecule has 14 heteroatoms. The quantitative estimate of drug-likeness (QED) is 0.0281. The summed E-state index contributed by atoms with van der Waals surface area (Å²) in [6.07, 6.45) is 18.3. The van der Waals surface area contributed by atoms with Crippen LogP contribution in [0.4, 0.5) is 0 Å². The van der Waals surface area contributed by atoms with Crippen molar-refractivity contribution in [1.82, 2.24) is 10.2 Å². The Balaban J connectivity index is 5.15. The molecule has 0 aliphatic carbocycles. The van der Waals surface area contributed by atoms with Crippen LogP contribution in [0.2, 0.25) is 0 Å². The summed E-state index contributed by atoms with van der Waals surface area (Å²) in [6.45, 7) is 21.3. The van der Waals surface area contributed by atoms with E-state index in [1.165, 1.54) is 30.8 Å². The van der Waals surface area contributed by atoms with Crippen molar-refractivity contribution in [3.8, 4) is 0 Å². The average Bonchev–Trinajstić information content (AvgIpc) is 3.18. The first-order chi connectivity index (χ1) is 26.6. The third kappa shape index (κ3) is 34.4. The van der Waals surface area contributed by atoms with E-state index in [0.29, 0.717) is 25.3 Å². The van der Waals surface area contributed by atoms with Gasteiger partial charge in [0.05, 0.1) is 18.2 Å². The summed E-state index contributed by atoms with van der Waals surface area (Å²) < 4.78 is 29.4. The predicted octanol–water partition coefficient (Wildman–Crippen LogP) is 7.31. The van der Waals surface area contributed by atoms with E-state index < -0.39 is 17.6 Å². The number of carbonyl (C=O) groups excluding carboxylic acids is 1. The van der Waals surface area contributed by atoms with E-state index in [9.17, 15) is 14.7 Å². The van der Waals surface area contributed by atoms with E-state index in [-0.39, 0.29) is 28.2 Å². The molecular formula is C41H85N3O8P2S. The van der Waals surface area contributed by atoms with Gasteiger partial charge in [0, 0.05) is 91.2 Å². The molecule has 55 heavy (non-hydrogen) atoms. The van der Waals surface area contributed by atoms with E-state index in [1.807, 2.05) is 0 Å². The molecule has 0 fully saturated rings. The highest BCUT2D eigenvalue weighted by Crippen LogP contribution is 2.39. The van der Waals surface area contributed by atoms with Gasteiger partial charge in [-0.25, -0.2) is 0 Å². The average molecular weight is 842 g/mol. The molecule has 4 N–H and O–H groups in total. The highest BCUT2D eigenvalue weighted by molar-refractivity contribution is 7.80. The van der Waals surface area contributed by atoms with Crippen molar-refractivity contribution < 1.29 is 38.4 Å². The second-order valence-corrected chi connectivity index (χ2v) is 20.2. The van der Waals surface area contributed by atoms with Gasteiger partial charge in [0.15, 0.2) is 0 Å².